The summed E-state index contributed by atoms with van der Waals surface area (Å²) in [5.41, 5.74) is 5.38. The summed E-state index contributed by atoms with van der Waals surface area (Å²) in [6.45, 7) is -1.30. The van der Waals surface area contributed by atoms with Crippen molar-refractivity contribution in [1.82, 2.24) is 9.88 Å². The summed E-state index contributed by atoms with van der Waals surface area (Å²) < 4.78 is 24.5. The largest absolute Gasteiger partial charge is 0.395 e. The Balaban J connectivity index is 2.83. The van der Waals surface area contributed by atoms with Gasteiger partial charge in [0.1, 0.15) is 11.5 Å². The molecule has 0 unspecified atom stereocenters. The number of amides is 1. The van der Waals surface area contributed by atoms with Crippen LogP contribution in [-0.2, 0) is 0 Å². The van der Waals surface area contributed by atoms with Gasteiger partial charge < -0.3 is 15.7 Å². The van der Waals surface area contributed by atoms with Crippen LogP contribution in [0.1, 0.15) is 10.5 Å². The van der Waals surface area contributed by atoms with Crippen LogP contribution in [0.2, 0.25) is 0 Å². The van der Waals surface area contributed by atoms with E-state index in [2.05, 4.69) is 4.98 Å². The molecule has 0 aliphatic carbocycles. The van der Waals surface area contributed by atoms with Crippen LogP contribution in [0.15, 0.2) is 18.2 Å². The molecule has 0 saturated heterocycles. The molecule has 94 valence electrons. The number of aromatic nitrogens is 1. The fourth-order valence-electron chi connectivity index (χ4n) is 1.30. The summed E-state index contributed by atoms with van der Waals surface area (Å²) >= 11 is 0. The Bertz CT molecular complexity index is 388. The predicted octanol–water partition coefficient (Wildman–Crippen LogP) is 0.363. The van der Waals surface area contributed by atoms with Crippen molar-refractivity contribution in [2.75, 3.05) is 25.4 Å². The molecule has 0 aromatic carbocycles. The molecule has 0 radical (unpaired) electrons. The topological polar surface area (TPSA) is 79.5 Å². The second kappa shape index (κ2) is 6.09. The number of aliphatic hydroxyl groups excluding tert-OH is 1. The first-order chi connectivity index (χ1) is 8.04. The van der Waals surface area contributed by atoms with Gasteiger partial charge in [0.05, 0.1) is 13.2 Å². The van der Waals surface area contributed by atoms with Gasteiger partial charge >= 0.3 is 0 Å². The highest BCUT2D eigenvalue weighted by atomic mass is 19.3. The smallest absolute Gasteiger partial charge is 0.272 e. The summed E-state index contributed by atoms with van der Waals surface area (Å²) in [7, 11) is 0. The first-order valence-electron chi connectivity index (χ1n) is 4.95. The quantitative estimate of drug-likeness (QED) is 0.785. The molecular formula is C10H13F2N3O2. The Labute approximate surface area is 96.9 Å². The molecule has 0 spiro atoms. The number of rotatable bonds is 5. The van der Waals surface area contributed by atoms with Gasteiger partial charge in [-0.25, -0.2) is 13.8 Å². The minimum Gasteiger partial charge on any atom is -0.395 e. The lowest BCUT2D eigenvalue weighted by Gasteiger charge is -2.20. The zero-order chi connectivity index (χ0) is 12.8. The van der Waals surface area contributed by atoms with E-state index in [1.165, 1.54) is 18.2 Å². The van der Waals surface area contributed by atoms with Gasteiger partial charge in [-0.1, -0.05) is 6.07 Å². The molecule has 0 atom stereocenters. The van der Waals surface area contributed by atoms with Crippen molar-refractivity contribution in [2.24, 2.45) is 0 Å². The van der Waals surface area contributed by atoms with Crippen LogP contribution in [0, 0.1) is 0 Å². The highest BCUT2D eigenvalue weighted by Gasteiger charge is 2.20. The highest BCUT2D eigenvalue weighted by Crippen LogP contribution is 2.07. The van der Waals surface area contributed by atoms with E-state index < -0.39 is 18.9 Å². The van der Waals surface area contributed by atoms with E-state index in [1.54, 1.807) is 0 Å². The second-order valence-corrected chi connectivity index (χ2v) is 3.31. The van der Waals surface area contributed by atoms with E-state index in [9.17, 15) is 13.6 Å². The lowest BCUT2D eigenvalue weighted by molar-refractivity contribution is 0.0504. The summed E-state index contributed by atoms with van der Waals surface area (Å²) in [5.74, 6) is -0.538. The number of alkyl halides is 2. The molecule has 1 rings (SSSR count). The van der Waals surface area contributed by atoms with Crippen LogP contribution >= 0.6 is 0 Å². The fourth-order valence-corrected chi connectivity index (χ4v) is 1.30. The molecule has 17 heavy (non-hydrogen) atoms. The van der Waals surface area contributed by atoms with Crippen LogP contribution < -0.4 is 5.73 Å². The number of nitrogens with zero attached hydrogens (tertiary/aromatic N) is 2. The van der Waals surface area contributed by atoms with Crippen molar-refractivity contribution in [3.63, 3.8) is 0 Å². The summed E-state index contributed by atoms with van der Waals surface area (Å²) in [5, 5.41) is 8.72. The minimum absolute atomic E-state index is 0.0147. The van der Waals surface area contributed by atoms with Gasteiger partial charge in [-0.05, 0) is 12.1 Å². The van der Waals surface area contributed by atoms with Crippen LogP contribution in [0.3, 0.4) is 0 Å². The Kier molecular flexibility index (Phi) is 4.77. The zero-order valence-electron chi connectivity index (χ0n) is 9.01. The maximum atomic E-state index is 12.2. The van der Waals surface area contributed by atoms with Gasteiger partial charge in [-0.3, -0.25) is 4.79 Å². The van der Waals surface area contributed by atoms with Crippen molar-refractivity contribution in [1.29, 1.82) is 0 Å². The van der Waals surface area contributed by atoms with Crippen LogP contribution in [-0.4, -0.2) is 47.0 Å². The number of hydrogen-bond donors (Lipinski definition) is 2. The zero-order valence-corrected chi connectivity index (χ0v) is 9.01. The third kappa shape index (κ3) is 3.95. The van der Waals surface area contributed by atoms with Crippen molar-refractivity contribution in [3.8, 4) is 0 Å². The average Bonchev–Trinajstić information content (AvgIpc) is 2.27. The van der Waals surface area contributed by atoms with E-state index in [0.717, 1.165) is 4.90 Å². The van der Waals surface area contributed by atoms with E-state index in [1.807, 2.05) is 0 Å². The Morgan fingerprint density at radius 1 is 1.53 bits per heavy atom. The highest BCUT2D eigenvalue weighted by molar-refractivity contribution is 5.92. The number of halogens is 2. The Morgan fingerprint density at radius 3 is 2.76 bits per heavy atom. The molecular weight excluding hydrogens is 232 g/mol. The maximum absolute atomic E-state index is 12.2. The normalized spacial score (nSPS) is 10.6. The van der Waals surface area contributed by atoms with Gasteiger partial charge in [0.2, 0.25) is 0 Å². The number of pyridine rings is 1. The average molecular weight is 245 g/mol. The van der Waals surface area contributed by atoms with Gasteiger partial charge in [-0.15, -0.1) is 0 Å². The SMILES string of the molecule is Nc1cccc(C(=O)N(CCO)CC(F)F)n1. The standard InChI is InChI=1S/C10H13F2N3O2/c11-8(12)6-15(4-5-16)10(17)7-2-1-3-9(13)14-7/h1-3,8,16H,4-6H2,(H2,13,14). The number of nitrogens with two attached hydrogens (primary N) is 1. The molecule has 0 bridgehead atoms. The monoisotopic (exact) mass is 245 g/mol. The van der Waals surface area contributed by atoms with Crippen LogP contribution in [0.25, 0.3) is 0 Å². The summed E-state index contributed by atoms with van der Waals surface area (Å²) in [6.07, 6.45) is -2.66. The number of hydrogen-bond acceptors (Lipinski definition) is 4. The number of carbonyl (C=O) groups is 1. The second-order valence-electron chi connectivity index (χ2n) is 3.31. The third-order valence-electron chi connectivity index (χ3n) is 2.01. The predicted molar refractivity (Wildman–Crippen MR) is 57.6 cm³/mol. The van der Waals surface area contributed by atoms with Gasteiger partial charge in [0, 0.05) is 6.54 Å². The summed E-state index contributed by atoms with van der Waals surface area (Å²) in [6, 6.07) is 4.38. The van der Waals surface area contributed by atoms with E-state index in [4.69, 9.17) is 10.8 Å². The Morgan fingerprint density at radius 2 is 2.24 bits per heavy atom. The van der Waals surface area contributed by atoms with E-state index in [0.29, 0.717) is 0 Å². The van der Waals surface area contributed by atoms with E-state index in [-0.39, 0.29) is 24.7 Å². The van der Waals surface area contributed by atoms with Crippen molar-refractivity contribution >= 4 is 11.7 Å². The molecule has 1 aromatic rings. The number of carbonyl (C=O) groups excluding carboxylic acids is 1. The molecule has 0 aliphatic rings. The van der Waals surface area contributed by atoms with Crippen molar-refractivity contribution < 1.29 is 18.7 Å². The van der Waals surface area contributed by atoms with Crippen molar-refractivity contribution in [3.05, 3.63) is 23.9 Å². The Hall–Kier alpha value is -1.76. The number of nitrogen functional groups attached to an aromatic ring is 1. The summed E-state index contributed by atoms with van der Waals surface area (Å²) in [4.78, 5) is 16.4. The van der Waals surface area contributed by atoms with Crippen molar-refractivity contribution in [2.45, 2.75) is 6.43 Å². The lowest BCUT2D eigenvalue weighted by Crippen LogP contribution is -2.37. The molecule has 1 aromatic heterocycles. The maximum Gasteiger partial charge on any atom is 0.272 e. The molecule has 0 aliphatic heterocycles. The minimum atomic E-state index is -2.66. The van der Waals surface area contributed by atoms with Crippen LogP contribution in [0.4, 0.5) is 14.6 Å². The number of aliphatic hydroxyl groups is 1. The van der Waals surface area contributed by atoms with Gasteiger partial charge in [0.15, 0.2) is 0 Å². The first kappa shape index (κ1) is 13.3. The first-order valence-corrected chi connectivity index (χ1v) is 4.95. The molecule has 3 N–H and O–H groups in total. The molecule has 5 nitrogen and oxygen atoms in total. The fraction of sp³-hybridized carbons (Fsp3) is 0.400. The van der Waals surface area contributed by atoms with Gasteiger partial charge in [-0.2, -0.15) is 0 Å². The molecule has 1 heterocycles. The molecule has 7 heteroatoms. The van der Waals surface area contributed by atoms with E-state index >= 15 is 0 Å². The molecule has 0 fully saturated rings. The number of anilines is 1. The molecule has 1 amide bonds. The van der Waals surface area contributed by atoms with Gasteiger partial charge in [0.25, 0.3) is 12.3 Å². The molecule has 0 saturated carbocycles. The third-order valence-corrected chi connectivity index (χ3v) is 2.01. The van der Waals surface area contributed by atoms with Crippen LogP contribution in [0.5, 0.6) is 0 Å². The lowest BCUT2D eigenvalue weighted by atomic mass is 10.3.